The van der Waals surface area contributed by atoms with Crippen LogP contribution in [0.2, 0.25) is 0 Å². The van der Waals surface area contributed by atoms with Gasteiger partial charge in [-0.3, -0.25) is 0 Å². The second-order valence-electron chi connectivity index (χ2n) is 5.59. The molecule has 0 bridgehead atoms. The molecule has 0 spiro atoms. The molecular formula is C16H22BrNO3. The first kappa shape index (κ1) is 16.3. The molecule has 1 aliphatic rings. The Hall–Kier alpha value is -1.07. The van der Waals surface area contributed by atoms with Crippen LogP contribution in [0.15, 0.2) is 22.7 Å². The molecule has 0 amide bonds. The number of rotatable bonds is 4. The van der Waals surface area contributed by atoms with Gasteiger partial charge in [-0.1, -0.05) is 42.6 Å². The molecule has 3 unspecified atom stereocenters. The van der Waals surface area contributed by atoms with E-state index in [2.05, 4.69) is 22.9 Å². The van der Waals surface area contributed by atoms with Crippen molar-refractivity contribution in [1.82, 2.24) is 0 Å². The first-order chi connectivity index (χ1) is 9.94. The Bertz CT molecular complexity index is 534. The lowest BCUT2D eigenvalue weighted by Gasteiger charge is -2.43. The highest BCUT2D eigenvalue weighted by Gasteiger charge is 2.51. The minimum absolute atomic E-state index is 0.0808. The molecule has 116 valence electrons. The van der Waals surface area contributed by atoms with Gasteiger partial charge in [-0.2, -0.15) is 0 Å². The number of halogens is 1. The average molecular weight is 356 g/mol. The summed E-state index contributed by atoms with van der Waals surface area (Å²) >= 11 is 3.43. The maximum atomic E-state index is 12.4. The van der Waals surface area contributed by atoms with Crippen LogP contribution in [-0.4, -0.2) is 19.2 Å². The third-order valence-corrected chi connectivity index (χ3v) is 4.80. The number of hydrogen-bond acceptors (Lipinski definition) is 4. The Kier molecular flexibility index (Phi) is 4.94. The number of carbonyl (C=O) groups is 1. The summed E-state index contributed by atoms with van der Waals surface area (Å²) in [7, 11) is 1.37. The van der Waals surface area contributed by atoms with Crippen LogP contribution < -0.4 is 10.5 Å². The van der Waals surface area contributed by atoms with Crippen LogP contribution in [0, 0.1) is 5.92 Å². The number of carbonyl (C=O) groups excluding carboxylic acids is 1. The van der Waals surface area contributed by atoms with Crippen molar-refractivity contribution in [3.05, 3.63) is 28.2 Å². The van der Waals surface area contributed by atoms with Crippen molar-refractivity contribution in [2.45, 2.75) is 44.8 Å². The molecule has 0 saturated carbocycles. The van der Waals surface area contributed by atoms with Gasteiger partial charge in [-0.25, -0.2) is 4.79 Å². The molecule has 0 radical (unpaired) electrons. The number of unbranched alkanes of at least 4 members (excludes halogenated alkanes) is 1. The molecule has 5 heteroatoms. The van der Waals surface area contributed by atoms with Gasteiger partial charge in [0.1, 0.15) is 17.4 Å². The predicted octanol–water partition coefficient (Wildman–Crippen LogP) is 3.36. The number of methoxy groups -OCH3 is 1. The molecule has 3 atom stereocenters. The van der Waals surface area contributed by atoms with Crippen molar-refractivity contribution in [3.63, 3.8) is 0 Å². The smallest absolute Gasteiger partial charge is 0.331 e. The number of hydrogen-bond donors (Lipinski definition) is 1. The fourth-order valence-electron chi connectivity index (χ4n) is 2.91. The lowest BCUT2D eigenvalue weighted by molar-refractivity contribution is -0.153. The number of ether oxygens (including phenoxy) is 2. The van der Waals surface area contributed by atoms with E-state index in [0.29, 0.717) is 11.3 Å². The van der Waals surface area contributed by atoms with Gasteiger partial charge in [0.05, 0.1) is 7.11 Å². The van der Waals surface area contributed by atoms with E-state index in [1.807, 2.05) is 25.1 Å². The highest BCUT2D eigenvalue weighted by Crippen LogP contribution is 2.44. The largest absolute Gasteiger partial charge is 0.490 e. The van der Waals surface area contributed by atoms with Gasteiger partial charge in [0.15, 0.2) is 0 Å². The molecule has 0 aliphatic carbocycles. The molecule has 2 rings (SSSR count). The highest BCUT2D eigenvalue weighted by molar-refractivity contribution is 9.10. The Balaban J connectivity index is 2.49. The van der Waals surface area contributed by atoms with Gasteiger partial charge < -0.3 is 15.2 Å². The van der Waals surface area contributed by atoms with Crippen LogP contribution in [-0.2, 0) is 15.1 Å². The maximum Gasteiger partial charge on any atom is 0.331 e. The van der Waals surface area contributed by atoms with Crippen LogP contribution in [0.1, 0.15) is 38.7 Å². The van der Waals surface area contributed by atoms with Gasteiger partial charge >= 0.3 is 5.97 Å². The molecule has 1 aromatic rings. The lowest BCUT2D eigenvalue weighted by Crippen LogP contribution is -2.58. The van der Waals surface area contributed by atoms with Crippen molar-refractivity contribution < 1.29 is 14.3 Å². The van der Waals surface area contributed by atoms with Gasteiger partial charge in [0, 0.05) is 16.0 Å². The summed E-state index contributed by atoms with van der Waals surface area (Å²) in [5.74, 6) is 0.0998. The molecule has 0 fully saturated rings. The van der Waals surface area contributed by atoms with Gasteiger partial charge in [0.25, 0.3) is 0 Å². The summed E-state index contributed by atoms with van der Waals surface area (Å²) in [4.78, 5) is 12.4. The van der Waals surface area contributed by atoms with Crippen molar-refractivity contribution in [2.24, 2.45) is 11.7 Å². The summed E-state index contributed by atoms with van der Waals surface area (Å²) in [6.45, 7) is 4.09. The third kappa shape index (κ3) is 2.81. The summed E-state index contributed by atoms with van der Waals surface area (Å²) < 4.78 is 11.9. The van der Waals surface area contributed by atoms with E-state index in [1.54, 1.807) is 0 Å². The maximum absolute atomic E-state index is 12.4. The molecule has 0 saturated heterocycles. The van der Waals surface area contributed by atoms with E-state index in [1.165, 1.54) is 7.11 Å². The van der Waals surface area contributed by atoms with Crippen LogP contribution in [0.5, 0.6) is 5.75 Å². The summed E-state index contributed by atoms with van der Waals surface area (Å²) in [6, 6.07) is 5.59. The first-order valence-electron chi connectivity index (χ1n) is 7.29. The van der Waals surface area contributed by atoms with Crippen LogP contribution in [0.3, 0.4) is 0 Å². The second-order valence-corrected chi connectivity index (χ2v) is 6.50. The standard InChI is InChI=1S/C16H22BrNO3/c1-4-5-6-13-10(2)16(18,15(19)20-3)12-9-11(17)7-8-14(12)21-13/h7-10,13H,4-6,18H2,1-3H3. The van der Waals surface area contributed by atoms with Crippen LogP contribution in [0.4, 0.5) is 0 Å². The van der Waals surface area contributed by atoms with E-state index in [4.69, 9.17) is 15.2 Å². The topological polar surface area (TPSA) is 61.5 Å². The van der Waals surface area contributed by atoms with E-state index in [0.717, 1.165) is 23.7 Å². The molecular weight excluding hydrogens is 334 g/mol. The number of fused-ring (bicyclic) bond motifs is 1. The Morgan fingerprint density at radius 1 is 1.52 bits per heavy atom. The molecule has 1 aromatic carbocycles. The highest BCUT2D eigenvalue weighted by atomic mass is 79.9. The third-order valence-electron chi connectivity index (χ3n) is 4.31. The van der Waals surface area contributed by atoms with E-state index >= 15 is 0 Å². The number of esters is 1. The van der Waals surface area contributed by atoms with E-state index < -0.39 is 11.5 Å². The Morgan fingerprint density at radius 2 is 2.24 bits per heavy atom. The van der Waals surface area contributed by atoms with E-state index in [9.17, 15) is 4.79 Å². The van der Waals surface area contributed by atoms with Crippen LogP contribution >= 0.6 is 15.9 Å². The number of benzene rings is 1. The zero-order valence-electron chi connectivity index (χ0n) is 12.7. The second kappa shape index (κ2) is 6.36. The minimum Gasteiger partial charge on any atom is -0.490 e. The molecule has 4 nitrogen and oxygen atoms in total. The lowest BCUT2D eigenvalue weighted by atomic mass is 9.73. The van der Waals surface area contributed by atoms with Crippen molar-refractivity contribution in [2.75, 3.05) is 7.11 Å². The molecule has 0 aromatic heterocycles. The van der Waals surface area contributed by atoms with Crippen molar-refractivity contribution >= 4 is 21.9 Å². The zero-order valence-corrected chi connectivity index (χ0v) is 14.3. The Morgan fingerprint density at radius 3 is 2.86 bits per heavy atom. The monoisotopic (exact) mass is 355 g/mol. The fraction of sp³-hybridized carbons (Fsp3) is 0.562. The van der Waals surface area contributed by atoms with E-state index in [-0.39, 0.29) is 12.0 Å². The summed E-state index contributed by atoms with van der Waals surface area (Å²) in [5, 5.41) is 0. The molecule has 21 heavy (non-hydrogen) atoms. The summed E-state index contributed by atoms with van der Waals surface area (Å²) in [5.41, 5.74) is 6.03. The van der Waals surface area contributed by atoms with Crippen molar-refractivity contribution in [1.29, 1.82) is 0 Å². The molecule has 1 aliphatic heterocycles. The quantitative estimate of drug-likeness (QED) is 0.841. The van der Waals surface area contributed by atoms with Gasteiger partial charge in [-0.15, -0.1) is 0 Å². The van der Waals surface area contributed by atoms with Gasteiger partial charge in [-0.05, 0) is 24.6 Å². The first-order valence-corrected chi connectivity index (χ1v) is 8.08. The molecule has 1 heterocycles. The normalized spacial score (nSPS) is 27.7. The summed E-state index contributed by atoms with van der Waals surface area (Å²) in [6.07, 6.45) is 2.92. The van der Waals surface area contributed by atoms with Crippen LogP contribution in [0.25, 0.3) is 0 Å². The average Bonchev–Trinajstić information content (AvgIpc) is 2.49. The fourth-order valence-corrected chi connectivity index (χ4v) is 3.27. The minimum atomic E-state index is -1.18. The Labute approximate surface area is 134 Å². The van der Waals surface area contributed by atoms with Gasteiger partial charge in [0.2, 0.25) is 0 Å². The zero-order chi connectivity index (χ0) is 15.6. The molecule has 2 N–H and O–H groups in total. The SMILES string of the molecule is CCCCC1Oc2ccc(Br)cc2C(N)(C(=O)OC)C1C. The van der Waals surface area contributed by atoms with Crippen molar-refractivity contribution in [3.8, 4) is 5.75 Å². The predicted molar refractivity (Wildman–Crippen MR) is 85.1 cm³/mol. The number of nitrogens with two attached hydrogens (primary N) is 1.